The molecule has 0 bridgehead atoms. The lowest BCUT2D eigenvalue weighted by molar-refractivity contribution is 0.0944. The summed E-state index contributed by atoms with van der Waals surface area (Å²) in [6.45, 7) is 0.162. The van der Waals surface area contributed by atoms with Gasteiger partial charge >= 0.3 is 0 Å². The zero-order chi connectivity index (χ0) is 19.6. The van der Waals surface area contributed by atoms with Crippen LogP contribution in [0, 0.1) is 0 Å². The number of sulfonamides is 1. The quantitative estimate of drug-likeness (QED) is 0.463. The minimum atomic E-state index is -3.90. The number of nitrogens with one attached hydrogen (secondary N) is 3. The maximum Gasteiger partial charge on any atom is 0.274 e. The van der Waals surface area contributed by atoms with E-state index in [9.17, 15) is 13.2 Å². The summed E-state index contributed by atoms with van der Waals surface area (Å²) in [6, 6.07) is 15.7. The van der Waals surface area contributed by atoms with Gasteiger partial charge in [0.1, 0.15) is 5.76 Å². The van der Waals surface area contributed by atoms with Gasteiger partial charge in [-0.1, -0.05) is 30.3 Å². The van der Waals surface area contributed by atoms with Gasteiger partial charge in [-0.3, -0.25) is 14.6 Å². The Labute approximate surface area is 160 Å². The summed E-state index contributed by atoms with van der Waals surface area (Å²) in [6.07, 6.45) is 2.82. The lowest BCUT2D eigenvalue weighted by Crippen LogP contribution is -2.24. The first-order valence-corrected chi connectivity index (χ1v) is 9.87. The van der Waals surface area contributed by atoms with E-state index in [2.05, 4.69) is 20.2 Å². The van der Waals surface area contributed by atoms with Crippen molar-refractivity contribution in [3.8, 4) is 0 Å². The molecule has 9 heteroatoms. The number of carbonyl (C=O) groups is 1. The number of hydrogen-bond donors (Lipinski definition) is 3. The van der Waals surface area contributed by atoms with Crippen molar-refractivity contribution in [3.63, 3.8) is 0 Å². The number of amides is 1. The summed E-state index contributed by atoms with van der Waals surface area (Å²) in [4.78, 5) is 12.4. The highest BCUT2D eigenvalue weighted by Gasteiger charge is 2.21. The number of hydrogen-bond acceptors (Lipinski definition) is 5. The smallest absolute Gasteiger partial charge is 0.274 e. The van der Waals surface area contributed by atoms with E-state index in [1.54, 1.807) is 24.3 Å². The summed E-state index contributed by atoms with van der Waals surface area (Å²) in [5, 5.41) is 10.7. The van der Waals surface area contributed by atoms with Crippen molar-refractivity contribution < 1.29 is 17.6 Å². The average Bonchev–Trinajstić information content (AvgIpc) is 3.37. The Morgan fingerprint density at radius 2 is 1.89 bits per heavy atom. The molecule has 0 spiro atoms. The fourth-order valence-electron chi connectivity index (χ4n) is 2.74. The predicted octanol–water partition coefficient (Wildman–Crippen LogP) is 2.89. The number of benzene rings is 2. The topological polar surface area (TPSA) is 117 Å². The Kier molecular flexibility index (Phi) is 4.58. The Morgan fingerprint density at radius 1 is 1.07 bits per heavy atom. The van der Waals surface area contributed by atoms with E-state index in [1.807, 2.05) is 24.3 Å². The molecule has 2 aromatic carbocycles. The van der Waals surface area contributed by atoms with Crippen LogP contribution in [0.5, 0.6) is 0 Å². The van der Waals surface area contributed by atoms with Crippen LogP contribution < -0.4 is 10.0 Å². The van der Waals surface area contributed by atoms with Crippen molar-refractivity contribution >= 4 is 32.4 Å². The molecule has 28 heavy (non-hydrogen) atoms. The Hall–Kier alpha value is -3.59. The highest BCUT2D eigenvalue weighted by Crippen LogP contribution is 2.22. The molecule has 2 heterocycles. The molecule has 0 saturated heterocycles. The largest absolute Gasteiger partial charge is 0.467 e. The van der Waals surface area contributed by atoms with Crippen LogP contribution in [-0.2, 0) is 16.6 Å². The first-order valence-electron chi connectivity index (χ1n) is 8.39. The number of H-pyrrole nitrogens is 1. The molecule has 0 unspecified atom stereocenters. The van der Waals surface area contributed by atoms with Crippen LogP contribution in [-0.4, -0.2) is 24.5 Å². The number of carbonyl (C=O) groups excluding carboxylic acids is 1. The summed E-state index contributed by atoms with van der Waals surface area (Å²) in [5.74, 6) is 0.0380. The molecule has 0 aliphatic carbocycles. The Morgan fingerprint density at radius 3 is 2.68 bits per heavy atom. The van der Waals surface area contributed by atoms with Crippen molar-refractivity contribution in [2.75, 3.05) is 4.72 Å². The number of nitrogens with zero attached hydrogens (tertiary/aromatic N) is 1. The number of furan rings is 1. The van der Waals surface area contributed by atoms with E-state index in [4.69, 9.17) is 4.42 Å². The summed E-state index contributed by atoms with van der Waals surface area (Å²) in [5.41, 5.74) is 0.000948. The van der Waals surface area contributed by atoms with E-state index >= 15 is 0 Å². The van der Waals surface area contributed by atoms with Crippen LogP contribution in [0.4, 0.5) is 5.69 Å². The standard InChI is InChI=1S/C19H16N4O4S/c24-19(20-11-15-6-3-9-27-15)18-17(12-21-22-18)23-28(25,26)16-8-7-13-4-1-2-5-14(13)10-16/h1-10,12,23H,11H2,(H,20,24)(H,21,22). The van der Waals surface area contributed by atoms with Gasteiger partial charge in [0.15, 0.2) is 5.69 Å². The van der Waals surface area contributed by atoms with E-state index in [1.165, 1.54) is 18.5 Å². The molecule has 8 nitrogen and oxygen atoms in total. The second-order valence-corrected chi connectivity index (χ2v) is 7.71. The summed E-state index contributed by atoms with van der Waals surface area (Å²) < 4.78 is 33.1. The fourth-order valence-corrected chi connectivity index (χ4v) is 3.84. The van der Waals surface area contributed by atoms with Gasteiger partial charge in [-0.15, -0.1) is 0 Å². The van der Waals surface area contributed by atoms with Crippen molar-refractivity contribution in [1.29, 1.82) is 0 Å². The van der Waals surface area contributed by atoms with E-state index in [-0.39, 0.29) is 22.8 Å². The average molecular weight is 396 g/mol. The maximum atomic E-state index is 12.8. The number of anilines is 1. The van der Waals surface area contributed by atoms with Crippen molar-refractivity contribution in [2.45, 2.75) is 11.4 Å². The molecule has 4 aromatic rings. The van der Waals surface area contributed by atoms with E-state index in [0.29, 0.717) is 5.76 Å². The first kappa shape index (κ1) is 17.8. The van der Waals surface area contributed by atoms with Crippen molar-refractivity contribution in [3.05, 3.63) is 78.5 Å². The van der Waals surface area contributed by atoms with Crippen LogP contribution in [0.1, 0.15) is 16.2 Å². The van der Waals surface area contributed by atoms with Gasteiger partial charge < -0.3 is 9.73 Å². The van der Waals surface area contributed by atoms with Crippen LogP contribution >= 0.6 is 0 Å². The Bertz CT molecular complexity index is 1230. The highest BCUT2D eigenvalue weighted by atomic mass is 32.2. The van der Waals surface area contributed by atoms with E-state index in [0.717, 1.165) is 10.8 Å². The summed E-state index contributed by atoms with van der Waals surface area (Å²) in [7, 11) is -3.90. The molecule has 0 atom stereocenters. The Balaban J connectivity index is 1.55. The molecular weight excluding hydrogens is 380 g/mol. The highest BCUT2D eigenvalue weighted by molar-refractivity contribution is 7.92. The van der Waals surface area contributed by atoms with Gasteiger partial charge in [0.05, 0.1) is 23.4 Å². The third-order valence-electron chi connectivity index (χ3n) is 4.13. The van der Waals surface area contributed by atoms with Crippen LogP contribution in [0.2, 0.25) is 0 Å². The first-order chi connectivity index (χ1) is 13.5. The van der Waals surface area contributed by atoms with Crippen LogP contribution in [0.15, 0.2) is 76.4 Å². The molecule has 4 rings (SSSR count). The van der Waals surface area contributed by atoms with Crippen LogP contribution in [0.3, 0.4) is 0 Å². The van der Waals surface area contributed by atoms with Gasteiger partial charge in [0, 0.05) is 6.20 Å². The number of aromatic nitrogens is 2. The second-order valence-electron chi connectivity index (χ2n) is 6.02. The van der Waals surface area contributed by atoms with E-state index < -0.39 is 15.9 Å². The van der Waals surface area contributed by atoms with Crippen molar-refractivity contribution in [1.82, 2.24) is 15.5 Å². The minimum absolute atomic E-state index is 0.0593. The minimum Gasteiger partial charge on any atom is -0.467 e. The lowest BCUT2D eigenvalue weighted by Gasteiger charge is -2.09. The lowest BCUT2D eigenvalue weighted by atomic mass is 10.1. The molecule has 0 fully saturated rings. The molecule has 0 aliphatic heterocycles. The van der Waals surface area contributed by atoms with Gasteiger partial charge in [0.2, 0.25) is 0 Å². The molecule has 0 aliphatic rings. The second kappa shape index (κ2) is 7.20. The monoisotopic (exact) mass is 396 g/mol. The molecule has 3 N–H and O–H groups in total. The molecular formula is C19H16N4O4S. The van der Waals surface area contributed by atoms with Crippen LogP contribution in [0.25, 0.3) is 10.8 Å². The van der Waals surface area contributed by atoms with Gasteiger partial charge in [-0.05, 0) is 35.0 Å². The van der Waals surface area contributed by atoms with Gasteiger partial charge in [0.25, 0.3) is 15.9 Å². The maximum absolute atomic E-state index is 12.8. The van der Waals surface area contributed by atoms with Crippen molar-refractivity contribution in [2.24, 2.45) is 0 Å². The molecule has 1 amide bonds. The number of rotatable bonds is 6. The van der Waals surface area contributed by atoms with Gasteiger partial charge in [-0.25, -0.2) is 8.42 Å². The molecule has 2 aromatic heterocycles. The number of fused-ring (bicyclic) bond motifs is 1. The normalized spacial score (nSPS) is 11.4. The zero-order valence-electron chi connectivity index (χ0n) is 14.5. The summed E-state index contributed by atoms with van der Waals surface area (Å²) >= 11 is 0. The number of aromatic amines is 1. The third kappa shape index (κ3) is 3.60. The SMILES string of the molecule is O=C(NCc1ccco1)c1n[nH]cc1NS(=O)(=O)c1ccc2ccccc2c1. The zero-order valence-corrected chi connectivity index (χ0v) is 15.4. The molecule has 0 saturated carbocycles. The molecule has 0 radical (unpaired) electrons. The van der Waals surface area contributed by atoms with Gasteiger partial charge in [-0.2, -0.15) is 5.10 Å². The predicted molar refractivity (Wildman–Crippen MR) is 103 cm³/mol. The molecule has 142 valence electrons. The third-order valence-corrected chi connectivity index (χ3v) is 5.50. The fraction of sp³-hybridized carbons (Fsp3) is 0.0526.